The predicted molar refractivity (Wildman–Crippen MR) is 179 cm³/mol. The first kappa shape index (κ1) is 39.1. The molecule has 250 valence electrons. The van der Waals surface area contributed by atoms with Gasteiger partial charge >= 0.3 is 0 Å². The maximum atomic E-state index is 14.0. The molecular formula is C35H61N5O4. The van der Waals surface area contributed by atoms with Gasteiger partial charge in [-0.15, -0.1) is 0 Å². The van der Waals surface area contributed by atoms with Crippen molar-refractivity contribution >= 4 is 23.6 Å². The smallest absolute Gasteiger partial charge is 0.245 e. The summed E-state index contributed by atoms with van der Waals surface area (Å²) in [5, 5.41) is 9.12. The zero-order valence-corrected chi connectivity index (χ0v) is 29.3. The van der Waals surface area contributed by atoms with Gasteiger partial charge < -0.3 is 25.8 Å². The number of benzene rings is 1. The number of nitrogens with one attached hydrogen (secondary N) is 3. The van der Waals surface area contributed by atoms with Gasteiger partial charge in [-0.1, -0.05) is 85.7 Å². The summed E-state index contributed by atoms with van der Waals surface area (Å²) in [6.45, 7) is 16.7. The van der Waals surface area contributed by atoms with Crippen molar-refractivity contribution in [1.82, 2.24) is 25.8 Å². The molecule has 0 aliphatic heterocycles. The number of carbonyl (C=O) groups is 4. The van der Waals surface area contributed by atoms with E-state index in [9.17, 15) is 19.2 Å². The van der Waals surface area contributed by atoms with Crippen molar-refractivity contribution in [2.75, 3.05) is 27.7 Å². The van der Waals surface area contributed by atoms with E-state index in [4.69, 9.17) is 0 Å². The molecule has 9 nitrogen and oxygen atoms in total. The number of rotatable bonds is 19. The van der Waals surface area contributed by atoms with Gasteiger partial charge in [-0.2, -0.15) is 0 Å². The monoisotopic (exact) mass is 615 g/mol. The zero-order valence-electron chi connectivity index (χ0n) is 29.3. The Bertz CT molecular complexity index is 1030. The molecule has 44 heavy (non-hydrogen) atoms. The van der Waals surface area contributed by atoms with E-state index in [-0.39, 0.29) is 41.4 Å². The maximum absolute atomic E-state index is 14.0. The van der Waals surface area contributed by atoms with Gasteiger partial charge in [0.2, 0.25) is 23.6 Å². The molecule has 0 unspecified atom stereocenters. The van der Waals surface area contributed by atoms with Crippen LogP contribution >= 0.6 is 0 Å². The topological polar surface area (TPSA) is 111 Å². The maximum Gasteiger partial charge on any atom is 0.245 e. The molecule has 1 aromatic carbocycles. The normalized spacial score (nSPS) is 14.3. The molecule has 9 heteroatoms. The van der Waals surface area contributed by atoms with Crippen molar-refractivity contribution in [2.45, 2.75) is 112 Å². The Labute approximate surface area is 267 Å². The van der Waals surface area contributed by atoms with E-state index in [0.717, 1.165) is 5.56 Å². The van der Waals surface area contributed by atoms with Crippen LogP contribution in [0.3, 0.4) is 0 Å². The Morgan fingerprint density at radius 3 is 1.52 bits per heavy atom. The van der Waals surface area contributed by atoms with Crippen molar-refractivity contribution < 1.29 is 19.2 Å². The van der Waals surface area contributed by atoms with Gasteiger partial charge in [0, 0.05) is 20.6 Å². The summed E-state index contributed by atoms with van der Waals surface area (Å²) in [6, 6.07) is 7.31. The van der Waals surface area contributed by atoms with Crippen molar-refractivity contribution in [1.29, 1.82) is 0 Å². The van der Waals surface area contributed by atoms with Crippen LogP contribution in [0, 0.1) is 23.7 Å². The second kappa shape index (κ2) is 19.4. The lowest BCUT2D eigenvalue weighted by atomic mass is 9.96. The van der Waals surface area contributed by atoms with E-state index in [1.807, 2.05) is 71.9 Å². The number of hydrogen-bond acceptors (Lipinski definition) is 5. The first-order valence-electron chi connectivity index (χ1n) is 16.4. The van der Waals surface area contributed by atoms with Crippen LogP contribution < -0.4 is 16.0 Å². The highest BCUT2D eigenvalue weighted by atomic mass is 16.2. The van der Waals surface area contributed by atoms with E-state index in [1.54, 1.807) is 21.1 Å². The average Bonchev–Trinajstić information content (AvgIpc) is 2.95. The third kappa shape index (κ3) is 13.4. The first-order valence-corrected chi connectivity index (χ1v) is 16.4. The molecule has 0 heterocycles. The molecule has 0 bridgehead atoms. The zero-order chi connectivity index (χ0) is 33.6. The quantitative estimate of drug-likeness (QED) is 0.216. The third-order valence-corrected chi connectivity index (χ3v) is 7.86. The fraction of sp³-hybridized carbons (Fsp3) is 0.714. The lowest BCUT2D eigenvalue weighted by Crippen LogP contribution is -2.59. The fourth-order valence-corrected chi connectivity index (χ4v) is 5.44. The van der Waals surface area contributed by atoms with E-state index >= 15 is 0 Å². The number of nitrogens with zero attached hydrogens (tertiary/aromatic N) is 2. The van der Waals surface area contributed by atoms with E-state index in [1.165, 1.54) is 9.80 Å². The van der Waals surface area contributed by atoms with Gasteiger partial charge in [-0.25, -0.2) is 0 Å². The molecule has 1 aromatic rings. The van der Waals surface area contributed by atoms with Gasteiger partial charge in [-0.05, 0) is 68.4 Å². The summed E-state index contributed by atoms with van der Waals surface area (Å²) >= 11 is 0. The van der Waals surface area contributed by atoms with Crippen LogP contribution in [0.15, 0.2) is 30.3 Å². The van der Waals surface area contributed by atoms with Crippen LogP contribution in [0.2, 0.25) is 0 Å². The lowest BCUT2D eigenvalue weighted by molar-refractivity contribution is -0.145. The summed E-state index contributed by atoms with van der Waals surface area (Å²) in [7, 11) is 5.08. The Kier molecular flexibility index (Phi) is 17.3. The summed E-state index contributed by atoms with van der Waals surface area (Å²) in [5.74, 6) is -0.259. The first-order chi connectivity index (χ1) is 20.6. The fourth-order valence-electron chi connectivity index (χ4n) is 5.44. The Morgan fingerprint density at radius 2 is 1.07 bits per heavy atom. The van der Waals surface area contributed by atoms with Crippen LogP contribution in [0.4, 0.5) is 0 Å². The molecule has 1 rings (SSSR count). The van der Waals surface area contributed by atoms with E-state index < -0.39 is 24.2 Å². The summed E-state index contributed by atoms with van der Waals surface area (Å²) < 4.78 is 0. The van der Waals surface area contributed by atoms with E-state index in [2.05, 4.69) is 29.8 Å². The molecule has 0 aliphatic carbocycles. The largest absolute Gasteiger partial charge is 0.354 e. The third-order valence-electron chi connectivity index (χ3n) is 7.86. The molecule has 0 fully saturated rings. The number of likely N-dealkylation sites (N-methyl/N-ethyl adjacent to an activating group) is 3. The highest BCUT2D eigenvalue weighted by Gasteiger charge is 2.36. The Morgan fingerprint density at radius 1 is 0.636 bits per heavy atom. The molecule has 0 aliphatic rings. The summed E-state index contributed by atoms with van der Waals surface area (Å²) in [5.41, 5.74) is 1.13. The minimum Gasteiger partial charge on any atom is -0.354 e. The molecular weight excluding hydrogens is 554 g/mol. The minimum absolute atomic E-state index is 0.114. The second-order valence-corrected chi connectivity index (χ2v) is 13.9. The van der Waals surface area contributed by atoms with Crippen molar-refractivity contribution in [3.63, 3.8) is 0 Å². The molecule has 0 saturated carbocycles. The molecule has 0 saturated heterocycles. The molecule has 4 atom stereocenters. The lowest BCUT2D eigenvalue weighted by Gasteiger charge is -2.35. The van der Waals surface area contributed by atoms with Crippen molar-refractivity contribution in [3.05, 3.63) is 35.9 Å². The minimum atomic E-state index is -0.826. The highest BCUT2D eigenvalue weighted by molar-refractivity contribution is 5.94. The Hall–Kier alpha value is -2.94. The standard InChI is InChI=1S/C35H61N5O4/c1-23(2)19-28(36-9)34(43)40(11)31(22-26(7)8)33(42)38-29(20-24(3)4)35(44)39(10)30(21-25(5)6)32(41)37-18-17-27-15-13-12-14-16-27/h12-16,23-26,28-31,36H,17-22H2,1-11H3,(H,37,41)(H,38,42)/t28-,29-,30-,31-/m0/s1. The number of hydrogen-bond donors (Lipinski definition) is 3. The molecule has 3 N–H and O–H groups in total. The average molecular weight is 616 g/mol. The van der Waals surface area contributed by atoms with Gasteiger partial charge in [-0.3, -0.25) is 19.2 Å². The second-order valence-electron chi connectivity index (χ2n) is 13.9. The van der Waals surface area contributed by atoms with Crippen LogP contribution in [0.5, 0.6) is 0 Å². The summed E-state index contributed by atoms with van der Waals surface area (Å²) in [6.07, 6.45) is 2.72. The Balaban J connectivity index is 3.18. The van der Waals surface area contributed by atoms with Gasteiger partial charge in [0.15, 0.2) is 0 Å². The van der Waals surface area contributed by atoms with Gasteiger partial charge in [0.1, 0.15) is 18.1 Å². The van der Waals surface area contributed by atoms with Crippen LogP contribution in [0.1, 0.15) is 86.6 Å². The molecule has 0 aromatic heterocycles. The highest BCUT2D eigenvalue weighted by Crippen LogP contribution is 2.18. The van der Waals surface area contributed by atoms with Crippen molar-refractivity contribution in [3.8, 4) is 0 Å². The number of carbonyl (C=O) groups excluding carboxylic acids is 4. The van der Waals surface area contributed by atoms with Crippen LogP contribution in [0.25, 0.3) is 0 Å². The molecule has 0 radical (unpaired) electrons. The van der Waals surface area contributed by atoms with Gasteiger partial charge in [0.05, 0.1) is 6.04 Å². The molecule has 0 spiro atoms. The van der Waals surface area contributed by atoms with Crippen molar-refractivity contribution in [2.24, 2.45) is 23.7 Å². The van der Waals surface area contributed by atoms with Crippen LogP contribution in [-0.4, -0.2) is 85.3 Å². The molecule has 4 amide bonds. The number of amides is 4. The van der Waals surface area contributed by atoms with E-state index in [0.29, 0.717) is 44.6 Å². The predicted octanol–water partition coefficient (Wildman–Crippen LogP) is 4.26. The van der Waals surface area contributed by atoms with Gasteiger partial charge in [0.25, 0.3) is 0 Å². The SMILES string of the molecule is CN[C@@H](CC(C)C)C(=O)N(C)[C@@H](CC(C)C)C(=O)N[C@@H](CC(C)C)C(=O)N(C)[C@@H](CC(C)C)C(=O)NCCc1ccccc1. The van der Waals surface area contributed by atoms with Crippen LogP contribution in [-0.2, 0) is 25.6 Å². The summed E-state index contributed by atoms with van der Waals surface area (Å²) in [4.78, 5) is 57.7.